The number of aryl methyl sites for hydroxylation is 2. The third-order valence-corrected chi connectivity index (χ3v) is 3.08. The van der Waals surface area contributed by atoms with E-state index in [1.165, 1.54) is 7.11 Å². The topological polar surface area (TPSA) is 52.6 Å². The molecule has 0 N–H and O–H groups in total. The van der Waals surface area contributed by atoms with Gasteiger partial charge in [-0.2, -0.15) is 0 Å². The van der Waals surface area contributed by atoms with Crippen molar-refractivity contribution < 1.29 is 13.6 Å². The van der Waals surface area contributed by atoms with Gasteiger partial charge >= 0.3 is 5.63 Å². The molecule has 0 aliphatic carbocycles. The minimum Gasteiger partial charge on any atom is -0.490 e. The highest BCUT2D eigenvalue weighted by atomic mass is 16.5. The van der Waals surface area contributed by atoms with Gasteiger partial charge < -0.3 is 13.6 Å². The molecule has 3 aromatic rings. The smallest absolute Gasteiger partial charge is 0.379 e. The normalized spacial score (nSPS) is 11.3. The summed E-state index contributed by atoms with van der Waals surface area (Å²) in [7, 11) is 1.46. The van der Waals surface area contributed by atoms with Gasteiger partial charge in [0.2, 0.25) is 5.75 Å². The van der Waals surface area contributed by atoms with Crippen molar-refractivity contribution in [1.29, 1.82) is 0 Å². The van der Waals surface area contributed by atoms with Gasteiger partial charge in [0.05, 0.1) is 7.11 Å². The third-order valence-electron chi connectivity index (χ3n) is 3.08. The summed E-state index contributed by atoms with van der Waals surface area (Å²) in [5, 5.41) is 1.85. The first kappa shape index (κ1) is 10.9. The van der Waals surface area contributed by atoms with Crippen LogP contribution >= 0.6 is 0 Å². The van der Waals surface area contributed by atoms with E-state index in [9.17, 15) is 4.79 Å². The van der Waals surface area contributed by atoms with Gasteiger partial charge in [0.25, 0.3) is 0 Å². The Balaban J connectivity index is 2.50. The molecule has 2 heterocycles. The van der Waals surface area contributed by atoms with Crippen LogP contribution in [0.4, 0.5) is 0 Å². The zero-order chi connectivity index (χ0) is 12.9. The van der Waals surface area contributed by atoms with Gasteiger partial charge in [-0.1, -0.05) is 0 Å². The van der Waals surface area contributed by atoms with E-state index in [0.29, 0.717) is 11.2 Å². The van der Waals surface area contributed by atoms with E-state index in [-0.39, 0.29) is 5.75 Å². The molecule has 0 saturated heterocycles. The molecule has 0 radical (unpaired) electrons. The number of methoxy groups -OCH3 is 1. The summed E-state index contributed by atoms with van der Waals surface area (Å²) in [5.74, 6) is 1.08. The molecule has 0 fully saturated rings. The zero-order valence-corrected chi connectivity index (χ0v) is 10.4. The Morgan fingerprint density at radius 2 is 1.83 bits per heavy atom. The molecule has 18 heavy (non-hydrogen) atoms. The highest BCUT2D eigenvalue weighted by molar-refractivity contribution is 5.95. The summed E-state index contributed by atoms with van der Waals surface area (Å²) in [4.78, 5) is 11.7. The molecule has 0 spiro atoms. The number of benzene rings is 1. The number of rotatable bonds is 1. The maximum absolute atomic E-state index is 11.7. The van der Waals surface area contributed by atoms with Crippen molar-refractivity contribution >= 4 is 21.9 Å². The molecule has 4 nitrogen and oxygen atoms in total. The quantitative estimate of drug-likeness (QED) is 0.617. The van der Waals surface area contributed by atoms with E-state index in [1.54, 1.807) is 6.07 Å². The number of fused-ring (bicyclic) bond motifs is 2. The van der Waals surface area contributed by atoms with Crippen LogP contribution in [-0.4, -0.2) is 7.11 Å². The molecule has 0 aliphatic rings. The second kappa shape index (κ2) is 3.63. The van der Waals surface area contributed by atoms with E-state index in [0.717, 1.165) is 22.1 Å². The highest BCUT2D eigenvalue weighted by Gasteiger charge is 2.13. The van der Waals surface area contributed by atoms with Gasteiger partial charge in [-0.3, -0.25) is 0 Å². The first-order valence-corrected chi connectivity index (χ1v) is 5.62. The molecule has 0 atom stereocenters. The average molecular weight is 244 g/mol. The van der Waals surface area contributed by atoms with Crippen molar-refractivity contribution in [2.24, 2.45) is 0 Å². The van der Waals surface area contributed by atoms with Gasteiger partial charge in [-0.25, -0.2) is 4.79 Å². The van der Waals surface area contributed by atoms with Crippen LogP contribution in [0.2, 0.25) is 0 Å². The lowest BCUT2D eigenvalue weighted by atomic mass is 10.1. The molecule has 0 bridgehead atoms. The molecule has 0 aliphatic heterocycles. The minimum atomic E-state index is -0.467. The standard InChI is InChI=1S/C14H12O4/c1-7-4-9-5-10-8(2)13(16-3)14(15)18-12(10)6-11(9)17-7/h4-6H,1-3H3. The monoisotopic (exact) mass is 244 g/mol. The van der Waals surface area contributed by atoms with Gasteiger partial charge in [-0.05, 0) is 26.0 Å². The maximum atomic E-state index is 11.7. The SMILES string of the molecule is COc1c(C)c2cc3cc(C)oc3cc2oc1=O. The Hall–Kier alpha value is -2.23. The lowest BCUT2D eigenvalue weighted by Crippen LogP contribution is -2.06. The van der Waals surface area contributed by atoms with Gasteiger partial charge in [-0.15, -0.1) is 0 Å². The molecule has 92 valence electrons. The van der Waals surface area contributed by atoms with Crippen LogP contribution in [0.25, 0.3) is 21.9 Å². The Bertz CT molecular complexity index is 808. The summed E-state index contributed by atoms with van der Waals surface area (Å²) >= 11 is 0. The fraction of sp³-hybridized carbons (Fsp3) is 0.214. The average Bonchev–Trinajstić information content (AvgIpc) is 2.66. The number of furan rings is 1. The second-order valence-corrected chi connectivity index (χ2v) is 4.29. The van der Waals surface area contributed by atoms with Crippen molar-refractivity contribution in [2.45, 2.75) is 13.8 Å². The minimum absolute atomic E-state index is 0.252. The van der Waals surface area contributed by atoms with E-state index in [1.807, 2.05) is 26.0 Å². The zero-order valence-electron chi connectivity index (χ0n) is 10.4. The first-order chi connectivity index (χ1) is 8.60. The van der Waals surface area contributed by atoms with E-state index < -0.39 is 5.63 Å². The van der Waals surface area contributed by atoms with Crippen molar-refractivity contribution in [1.82, 2.24) is 0 Å². The van der Waals surface area contributed by atoms with E-state index in [4.69, 9.17) is 13.6 Å². The first-order valence-electron chi connectivity index (χ1n) is 5.62. The summed E-state index contributed by atoms with van der Waals surface area (Å²) in [6, 6.07) is 5.64. The molecular formula is C14H12O4. The van der Waals surface area contributed by atoms with Crippen molar-refractivity contribution in [3.05, 3.63) is 39.9 Å². The Morgan fingerprint density at radius 3 is 2.56 bits per heavy atom. The van der Waals surface area contributed by atoms with Crippen LogP contribution in [0.15, 0.2) is 31.8 Å². The molecule has 0 amide bonds. The lowest BCUT2D eigenvalue weighted by molar-refractivity contribution is 0.382. The van der Waals surface area contributed by atoms with Crippen LogP contribution in [-0.2, 0) is 0 Å². The molecule has 3 rings (SSSR count). The van der Waals surface area contributed by atoms with Crippen LogP contribution in [0.5, 0.6) is 5.75 Å². The van der Waals surface area contributed by atoms with Crippen LogP contribution < -0.4 is 10.4 Å². The molecule has 4 heteroatoms. The van der Waals surface area contributed by atoms with Crippen LogP contribution in [0.3, 0.4) is 0 Å². The fourth-order valence-corrected chi connectivity index (χ4v) is 2.24. The predicted molar refractivity (Wildman–Crippen MR) is 68.3 cm³/mol. The Morgan fingerprint density at radius 1 is 1.06 bits per heavy atom. The largest absolute Gasteiger partial charge is 0.490 e. The molecule has 2 aromatic heterocycles. The number of hydrogen-bond donors (Lipinski definition) is 0. The summed E-state index contributed by atoms with van der Waals surface area (Å²) in [6.07, 6.45) is 0. The predicted octanol–water partition coefficient (Wildman–Crippen LogP) is 3.16. The van der Waals surface area contributed by atoms with Crippen molar-refractivity contribution in [2.75, 3.05) is 7.11 Å². The fourth-order valence-electron chi connectivity index (χ4n) is 2.24. The maximum Gasteiger partial charge on any atom is 0.379 e. The van der Waals surface area contributed by atoms with Crippen molar-refractivity contribution in [3.8, 4) is 5.75 Å². The Kier molecular flexibility index (Phi) is 2.20. The summed E-state index contributed by atoms with van der Waals surface area (Å²) in [6.45, 7) is 3.73. The molecule has 0 saturated carbocycles. The number of hydrogen-bond acceptors (Lipinski definition) is 4. The molecule has 0 unspecified atom stereocenters. The lowest BCUT2D eigenvalue weighted by Gasteiger charge is -2.05. The highest BCUT2D eigenvalue weighted by Crippen LogP contribution is 2.29. The third kappa shape index (κ3) is 1.42. The summed E-state index contributed by atoms with van der Waals surface area (Å²) in [5.41, 5.74) is 1.54. The van der Waals surface area contributed by atoms with Crippen molar-refractivity contribution in [3.63, 3.8) is 0 Å². The van der Waals surface area contributed by atoms with Gasteiger partial charge in [0, 0.05) is 22.4 Å². The van der Waals surface area contributed by atoms with E-state index >= 15 is 0 Å². The second-order valence-electron chi connectivity index (χ2n) is 4.29. The Labute approximate surface area is 103 Å². The molecule has 1 aromatic carbocycles. The van der Waals surface area contributed by atoms with Gasteiger partial charge in [0.1, 0.15) is 16.9 Å². The van der Waals surface area contributed by atoms with Crippen LogP contribution in [0, 0.1) is 13.8 Å². The summed E-state index contributed by atoms with van der Waals surface area (Å²) < 4.78 is 15.8. The van der Waals surface area contributed by atoms with E-state index in [2.05, 4.69) is 0 Å². The molecular weight excluding hydrogens is 232 g/mol. The van der Waals surface area contributed by atoms with Crippen LogP contribution in [0.1, 0.15) is 11.3 Å². The van der Waals surface area contributed by atoms with Gasteiger partial charge in [0.15, 0.2) is 0 Å². The number of ether oxygens (including phenoxy) is 1.